The van der Waals surface area contributed by atoms with Crippen LogP contribution in [0.5, 0.6) is 0 Å². The number of carbonyl (C=O) groups is 2. The Kier molecular flexibility index (Phi) is 4.04. The fourth-order valence-electron chi connectivity index (χ4n) is 2.38. The van der Waals surface area contributed by atoms with Gasteiger partial charge in [0, 0.05) is 26.6 Å². The molecule has 5 heteroatoms. The SMILES string of the molecule is CN1C(=O)N(CCCC(=O)O)CC1c1ccccc1. The largest absolute Gasteiger partial charge is 0.481 e. The number of carboxylic acids is 1. The predicted molar refractivity (Wildman–Crippen MR) is 70.8 cm³/mol. The zero-order valence-electron chi connectivity index (χ0n) is 11.0. The Morgan fingerprint density at radius 1 is 1.37 bits per heavy atom. The van der Waals surface area contributed by atoms with E-state index in [1.807, 2.05) is 30.3 Å². The van der Waals surface area contributed by atoms with Crippen LogP contribution in [0, 0.1) is 0 Å². The highest BCUT2D eigenvalue weighted by atomic mass is 16.4. The van der Waals surface area contributed by atoms with Gasteiger partial charge in [0.2, 0.25) is 0 Å². The number of nitrogens with zero attached hydrogens (tertiary/aromatic N) is 2. The van der Waals surface area contributed by atoms with Crippen LogP contribution >= 0.6 is 0 Å². The average Bonchev–Trinajstić information content (AvgIpc) is 2.68. The van der Waals surface area contributed by atoms with Crippen LogP contribution in [-0.4, -0.2) is 47.0 Å². The summed E-state index contributed by atoms with van der Waals surface area (Å²) < 4.78 is 0. The summed E-state index contributed by atoms with van der Waals surface area (Å²) >= 11 is 0. The highest BCUT2D eigenvalue weighted by Gasteiger charge is 2.34. The maximum atomic E-state index is 12.1. The van der Waals surface area contributed by atoms with Crippen LogP contribution < -0.4 is 0 Å². The number of benzene rings is 1. The maximum absolute atomic E-state index is 12.1. The van der Waals surface area contributed by atoms with E-state index in [1.165, 1.54) is 0 Å². The summed E-state index contributed by atoms with van der Waals surface area (Å²) in [7, 11) is 1.79. The lowest BCUT2D eigenvalue weighted by molar-refractivity contribution is -0.137. The fourth-order valence-corrected chi connectivity index (χ4v) is 2.38. The second-order valence-electron chi connectivity index (χ2n) is 4.76. The van der Waals surface area contributed by atoms with Crippen LogP contribution in [0.4, 0.5) is 4.79 Å². The topological polar surface area (TPSA) is 60.9 Å². The van der Waals surface area contributed by atoms with Gasteiger partial charge >= 0.3 is 12.0 Å². The van der Waals surface area contributed by atoms with Crippen molar-refractivity contribution in [2.75, 3.05) is 20.1 Å². The number of carboxylic acid groups (broad SMARTS) is 1. The molecule has 1 unspecified atom stereocenters. The molecule has 0 bridgehead atoms. The van der Waals surface area contributed by atoms with Crippen molar-refractivity contribution < 1.29 is 14.7 Å². The normalized spacial score (nSPS) is 19.0. The lowest BCUT2D eigenvalue weighted by Gasteiger charge is -2.17. The van der Waals surface area contributed by atoms with Crippen molar-refractivity contribution in [3.63, 3.8) is 0 Å². The van der Waals surface area contributed by atoms with E-state index in [4.69, 9.17) is 5.11 Å². The molecule has 19 heavy (non-hydrogen) atoms. The smallest absolute Gasteiger partial charge is 0.320 e. The minimum Gasteiger partial charge on any atom is -0.481 e. The molecule has 1 aliphatic rings. The second-order valence-corrected chi connectivity index (χ2v) is 4.76. The number of aliphatic carboxylic acids is 1. The zero-order valence-corrected chi connectivity index (χ0v) is 11.0. The van der Waals surface area contributed by atoms with Gasteiger partial charge < -0.3 is 14.9 Å². The monoisotopic (exact) mass is 262 g/mol. The van der Waals surface area contributed by atoms with Gasteiger partial charge in [-0.15, -0.1) is 0 Å². The Hall–Kier alpha value is -2.04. The van der Waals surface area contributed by atoms with Crippen LogP contribution in [0.25, 0.3) is 0 Å². The van der Waals surface area contributed by atoms with Crippen LogP contribution in [-0.2, 0) is 4.79 Å². The first-order chi connectivity index (χ1) is 9.09. The second kappa shape index (κ2) is 5.73. The number of amides is 2. The third-order valence-electron chi connectivity index (χ3n) is 3.44. The molecule has 1 saturated heterocycles. The Bertz CT molecular complexity index is 461. The number of hydrogen-bond donors (Lipinski definition) is 1. The highest BCUT2D eigenvalue weighted by Crippen LogP contribution is 2.27. The highest BCUT2D eigenvalue weighted by molar-refractivity contribution is 5.77. The third kappa shape index (κ3) is 3.05. The number of rotatable bonds is 5. The molecule has 1 aromatic rings. The van der Waals surface area contributed by atoms with Crippen LogP contribution in [0.1, 0.15) is 24.4 Å². The summed E-state index contributed by atoms with van der Waals surface area (Å²) in [6.45, 7) is 1.12. The summed E-state index contributed by atoms with van der Waals surface area (Å²) in [6, 6.07) is 9.91. The number of carbonyl (C=O) groups excluding carboxylic acids is 1. The van der Waals surface area contributed by atoms with Crippen molar-refractivity contribution in [2.24, 2.45) is 0 Å². The van der Waals surface area contributed by atoms with Gasteiger partial charge in [-0.25, -0.2) is 4.79 Å². The predicted octanol–water partition coefficient (Wildman–Crippen LogP) is 1.96. The zero-order chi connectivity index (χ0) is 13.8. The quantitative estimate of drug-likeness (QED) is 0.882. The lowest BCUT2D eigenvalue weighted by Crippen LogP contribution is -2.30. The van der Waals surface area contributed by atoms with Crippen molar-refractivity contribution in [1.29, 1.82) is 0 Å². The Morgan fingerprint density at radius 3 is 2.68 bits per heavy atom. The van der Waals surface area contributed by atoms with Gasteiger partial charge in [0.25, 0.3) is 0 Å². The Balaban J connectivity index is 1.99. The number of likely N-dealkylation sites (N-methyl/N-ethyl adjacent to an activating group) is 1. The molecule has 0 aromatic heterocycles. The molecule has 2 rings (SSSR count). The first-order valence-corrected chi connectivity index (χ1v) is 6.38. The minimum atomic E-state index is -0.820. The van der Waals surface area contributed by atoms with E-state index in [2.05, 4.69) is 0 Å². The van der Waals surface area contributed by atoms with Crippen LogP contribution in [0.3, 0.4) is 0 Å². The molecule has 1 N–H and O–H groups in total. The molecular formula is C14H18N2O3. The molecule has 1 atom stereocenters. The lowest BCUT2D eigenvalue weighted by atomic mass is 10.1. The van der Waals surface area contributed by atoms with Crippen LogP contribution in [0.15, 0.2) is 30.3 Å². The van der Waals surface area contributed by atoms with Crippen molar-refractivity contribution in [3.05, 3.63) is 35.9 Å². The summed E-state index contributed by atoms with van der Waals surface area (Å²) in [4.78, 5) is 26.0. The van der Waals surface area contributed by atoms with Gasteiger partial charge in [-0.3, -0.25) is 4.79 Å². The molecule has 1 heterocycles. The van der Waals surface area contributed by atoms with E-state index in [0.717, 1.165) is 5.56 Å². The van der Waals surface area contributed by atoms with E-state index >= 15 is 0 Å². The molecule has 0 spiro atoms. The molecule has 1 fully saturated rings. The maximum Gasteiger partial charge on any atom is 0.320 e. The van der Waals surface area contributed by atoms with Crippen molar-refractivity contribution in [2.45, 2.75) is 18.9 Å². The molecule has 102 valence electrons. The first kappa shape index (κ1) is 13.4. The number of hydrogen-bond acceptors (Lipinski definition) is 2. The molecular weight excluding hydrogens is 244 g/mol. The van der Waals surface area contributed by atoms with Gasteiger partial charge in [-0.1, -0.05) is 30.3 Å². The summed E-state index contributed by atoms with van der Waals surface area (Å²) in [5.41, 5.74) is 1.11. The summed E-state index contributed by atoms with van der Waals surface area (Å²) in [6.07, 6.45) is 0.597. The molecule has 0 radical (unpaired) electrons. The van der Waals surface area contributed by atoms with Gasteiger partial charge in [0.15, 0.2) is 0 Å². The first-order valence-electron chi connectivity index (χ1n) is 6.38. The molecule has 5 nitrogen and oxygen atoms in total. The molecule has 0 aliphatic carbocycles. The van der Waals surface area contributed by atoms with Crippen LogP contribution in [0.2, 0.25) is 0 Å². The summed E-state index contributed by atoms with van der Waals surface area (Å²) in [5, 5.41) is 8.62. The molecule has 0 saturated carbocycles. The van der Waals surface area contributed by atoms with Crippen molar-refractivity contribution >= 4 is 12.0 Å². The average molecular weight is 262 g/mol. The van der Waals surface area contributed by atoms with E-state index < -0.39 is 5.97 Å². The van der Waals surface area contributed by atoms with Gasteiger partial charge in [-0.2, -0.15) is 0 Å². The minimum absolute atomic E-state index is 0.0285. The third-order valence-corrected chi connectivity index (χ3v) is 3.44. The number of urea groups is 1. The fraction of sp³-hybridized carbons (Fsp3) is 0.429. The summed E-state index contributed by atoms with van der Waals surface area (Å²) in [5.74, 6) is -0.820. The van der Waals surface area contributed by atoms with Crippen molar-refractivity contribution in [3.8, 4) is 0 Å². The van der Waals surface area contributed by atoms with E-state index in [-0.39, 0.29) is 18.5 Å². The van der Waals surface area contributed by atoms with Crippen molar-refractivity contribution in [1.82, 2.24) is 9.80 Å². The Labute approximate surface area is 112 Å². The van der Waals surface area contributed by atoms with E-state index in [0.29, 0.717) is 19.5 Å². The Morgan fingerprint density at radius 2 is 2.05 bits per heavy atom. The van der Waals surface area contributed by atoms with E-state index in [9.17, 15) is 9.59 Å². The molecule has 2 amide bonds. The molecule has 1 aliphatic heterocycles. The van der Waals surface area contributed by atoms with Gasteiger partial charge in [-0.05, 0) is 12.0 Å². The van der Waals surface area contributed by atoms with Gasteiger partial charge in [0.05, 0.1) is 6.04 Å². The molecule has 1 aromatic carbocycles. The van der Waals surface area contributed by atoms with E-state index in [1.54, 1.807) is 16.8 Å². The van der Waals surface area contributed by atoms with Gasteiger partial charge in [0.1, 0.15) is 0 Å². The standard InChI is InChI=1S/C14H18N2O3/c1-15-12(11-6-3-2-4-7-11)10-16(14(15)19)9-5-8-13(17)18/h2-4,6-7,12H,5,8-10H2,1H3,(H,17,18).